The van der Waals surface area contributed by atoms with Crippen LogP contribution >= 0.6 is 0 Å². The van der Waals surface area contributed by atoms with Gasteiger partial charge >= 0.3 is 0 Å². The van der Waals surface area contributed by atoms with Crippen molar-refractivity contribution in [3.63, 3.8) is 0 Å². The zero-order valence-electron chi connectivity index (χ0n) is 14.8. The second kappa shape index (κ2) is 7.00. The highest BCUT2D eigenvalue weighted by molar-refractivity contribution is 5.78. The molecule has 3 heterocycles. The Morgan fingerprint density at radius 1 is 1.20 bits per heavy atom. The van der Waals surface area contributed by atoms with Gasteiger partial charge in [0.25, 0.3) is 0 Å². The van der Waals surface area contributed by atoms with Crippen molar-refractivity contribution < 1.29 is 9.32 Å². The topological polar surface area (TPSA) is 49.6 Å². The minimum Gasteiger partial charge on any atom is -0.359 e. The molecule has 1 atom stereocenters. The molecule has 0 bridgehead atoms. The molecule has 0 N–H and O–H groups in total. The summed E-state index contributed by atoms with van der Waals surface area (Å²) in [4.78, 5) is 16.5. The molecule has 132 valence electrons. The van der Waals surface area contributed by atoms with E-state index in [0.29, 0.717) is 11.9 Å². The molecule has 1 aromatic carbocycles. The van der Waals surface area contributed by atoms with Crippen molar-refractivity contribution >= 4 is 5.91 Å². The van der Waals surface area contributed by atoms with Crippen LogP contribution in [0.1, 0.15) is 37.0 Å². The fourth-order valence-corrected chi connectivity index (χ4v) is 3.95. The normalized spacial score (nSPS) is 21.9. The van der Waals surface area contributed by atoms with Crippen LogP contribution in [0.25, 0.3) is 11.3 Å². The van der Waals surface area contributed by atoms with E-state index in [4.69, 9.17) is 4.52 Å². The van der Waals surface area contributed by atoms with Gasteiger partial charge in [-0.25, -0.2) is 0 Å². The van der Waals surface area contributed by atoms with Gasteiger partial charge in [-0.15, -0.1) is 0 Å². The minimum atomic E-state index is 0.327. The van der Waals surface area contributed by atoms with Gasteiger partial charge in [0.2, 0.25) is 5.91 Å². The Bertz CT molecular complexity index is 738. The van der Waals surface area contributed by atoms with E-state index in [-0.39, 0.29) is 0 Å². The van der Waals surface area contributed by atoms with Crippen molar-refractivity contribution in [1.82, 2.24) is 15.0 Å². The van der Waals surface area contributed by atoms with Crippen molar-refractivity contribution in [1.29, 1.82) is 0 Å². The number of aryl methyl sites for hydroxylation is 1. The van der Waals surface area contributed by atoms with Crippen molar-refractivity contribution in [3.8, 4) is 11.3 Å². The van der Waals surface area contributed by atoms with Crippen LogP contribution in [0.2, 0.25) is 0 Å². The van der Waals surface area contributed by atoms with E-state index in [1.807, 2.05) is 6.07 Å². The van der Waals surface area contributed by atoms with Gasteiger partial charge in [-0.1, -0.05) is 35.0 Å². The first kappa shape index (κ1) is 16.3. The predicted octanol–water partition coefficient (Wildman–Crippen LogP) is 3.24. The van der Waals surface area contributed by atoms with E-state index in [9.17, 15) is 4.79 Å². The fourth-order valence-electron chi connectivity index (χ4n) is 3.95. The van der Waals surface area contributed by atoms with Crippen molar-refractivity contribution in [2.24, 2.45) is 0 Å². The zero-order chi connectivity index (χ0) is 17.2. The predicted molar refractivity (Wildman–Crippen MR) is 95.9 cm³/mol. The van der Waals surface area contributed by atoms with Crippen molar-refractivity contribution in [3.05, 3.63) is 41.7 Å². The van der Waals surface area contributed by atoms with Crippen LogP contribution in [0, 0.1) is 6.92 Å². The lowest BCUT2D eigenvalue weighted by atomic mass is 10.0. The molecule has 0 radical (unpaired) electrons. The number of rotatable bonds is 4. The maximum atomic E-state index is 12.0. The highest BCUT2D eigenvalue weighted by Gasteiger charge is 2.31. The SMILES string of the molecule is Cc1ccc(-c2cc(CN3CCCC(N4CCCC4=O)C3)on2)cc1. The molecule has 2 saturated heterocycles. The van der Waals surface area contributed by atoms with Gasteiger partial charge in [0.15, 0.2) is 5.76 Å². The fraction of sp³-hybridized carbons (Fsp3) is 0.500. The maximum Gasteiger partial charge on any atom is 0.222 e. The third-order valence-electron chi connectivity index (χ3n) is 5.32. The number of hydrogen-bond donors (Lipinski definition) is 0. The summed E-state index contributed by atoms with van der Waals surface area (Å²) in [5.41, 5.74) is 3.21. The van der Waals surface area contributed by atoms with Gasteiger partial charge in [0.1, 0.15) is 5.69 Å². The Labute approximate surface area is 148 Å². The zero-order valence-corrected chi connectivity index (χ0v) is 14.8. The Morgan fingerprint density at radius 2 is 2.04 bits per heavy atom. The van der Waals surface area contributed by atoms with Gasteiger partial charge in [-0.3, -0.25) is 9.69 Å². The average molecular weight is 339 g/mol. The smallest absolute Gasteiger partial charge is 0.222 e. The lowest BCUT2D eigenvalue weighted by Gasteiger charge is -2.37. The Hall–Kier alpha value is -2.14. The summed E-state index contributed by atoms with van der Waals surface area (Å²) >= 11 is 0. The van der Waals surface area contributed by atoms with Gasteiger partial charge in [0.05, 0.1) is 6.54 Å². The third-order valence-corrected chi connectivity index (χ3v) is 5.32. The monoisotopic (exact) mass is 339 g/mol. The first-order chi connectivity index (χ1) is 12.2. The molecule has 0 spiro atoms. The lowest BCUT2D eigenvalue weighted by molar-refractivity contribution is -0.130. The summed E-state index contributed by atoms with van der Waals surface area (Å²) in [5, 5.41) is 4.22. The molecule has 25 heavy (non-hydrogen) atoms. The summed E-state index contributed by atoms with van der Waals surface area (Å²) in [7, 11) is 0. The highest BCUT2D eigenvalue weighted by atomic mass is 16.5. The standard InChI is InChI=1S/C20H25N3O2/c1-15-6-8-16(9-7-15)19-12-18(25-21-19)14-22-10-2-4-17(13-22)23-11-3-5-20(23)24/h6-9,12,17H,2-5,10-11,13-14H2,1H3. The van der Waals surface area contributed by atoms with Gasteiger partial charge in [0, 0.05) is 37.2 Å². The Kier molecular flexibility index (Phi) is 4.57. The van der Waals surface area contributed by atoms with Gasteiger partial charge in [-0.2, -0.15) is 0 Å². The average Bonchev–Trinajstić information content (AvgIpc) is 3.25. The summed E-state index contributed by atoms with van der Waals surface area (Å²) in [5.74, 6) is 1.22. The highest BCUT2D eigenvalue weighted by Crippen LogP contribution is 2.24. The molecule has 0 saturated carbocycles. The molecule has 2 fully saturated rings. The summed E-state index contributed by atoms with van der Waals surface area (Å²) in [6, 6.07) is 10.7. The van der Waals surface area contributed by atoms with E-state index in [2.05, 4.69) is 46.1 Å². The van der Waals surface area contributed by atoms with Crippen LogP contribution in [-0.4, -0.2) is 46.5 Å². The summed E-state index contributed by atoms with van der Waals surface area (Å²) in [6.45, 7) is 5.76. The number of carbonyl (C=O) groups is 1. The summed E-state index contributed by atoms with van der Waals surface area (Å²) in [6.07, 6.45) is 3.98. The van der Waals surface area contributed by atoms with Crippen LogP contribution in [0.5, 0.6) is 0 Å². The largest absolute Gasteiger partial charge is 0.359 e. The number of amides is 1. The number of aromatic nitrogens is 1. The molecule has 1 aromatic heterocycles. The first-order valence-corrected chi connectivity index (χ1v) is 9.23. The molecule has 0 aliphatic carbocycles. The molecule has 5 nitrogen and oxygen atoms in total. The Morgan fingerprint density at radius 3 is 2.80 bits per heavy atom. The Balaban J connectivity index is 1.40. The van der Waals surface area contributed by atoms with E-state index in [1.165, 1.54) is 5.56 Å². The number of hydrogen-bond acceptors (Lipinski definition) is 4. The molecule has 2 aliphatic heterocycles. The third kappa shape index (κ3) is 3.61. The molecular weight excluding hydrogens is 314 g/mol. The van der Waals surface area contributed by atoms with Crippen molar-refractivity contribution in [2.75, 3.05) is 19.6 Å². The number of likely N-dealkylation sites (tertiary alicyclic amines) is 2. The van der Waals surface area contributed by atoms with E-state index >= 15 is 0 Å². The molecule has 2 aromatic rings. The quantitative estimate of drug-likeness (QED) is 0.858. The van der Waals surface area contributed by atoms with Crippen molar-refractivity contribution in [2.45, 2.75) is 45.2 Å². The molecule has 4 rings (SSSR count). The van der Waals surface area contributed by atoms with Gasteiger partial charge < -0.3 is 9.42 Å². The van der Waals surface area contributed by atoms with Gasteiger partial charge in [-0.05, 0) is 32.7 Å². The van der Waals surface area contributed by atoms with Crippen LogP contribution in [0.3, 0.4) is 0 Å². The molecule has 2 aliphatic rings. The number of piperidine rings is 1. The maximum absolute atomic E-state index is 12.0. The molecular formula is C20H25N3O2. The number of benzene rings is 1. The molecule has 1 amide bonds. The van der Waals surface area contributed by atoms with E-state index in [1.54, 1.807) is 0 Å². The minimum absolute atomic E-state index is 0.327. The number of nitrogens with zero attached hydrogens (tertiary/aromatic N) is 3. The second-order valence-corrected chi connectivity index (χ2v) is 7.27. The first-order valence-electron chi connectivity index (χ1n) is 9.23. The van der Waals surface area contributed by atoms with E-state index < -0.39 is 0 Å². The molecule has 5 heteroatoms. The van der Waals surface area contributed by atoms with Crippen LogP contribution in [0.15, 0.2) is 34.9 Å². The molecule has 1 unspecified atom stereocenters. The van der Waals surface area contributed by atoms with Crippen LogP contribution in [-0.2, 0) is 11.3 Å². The summed E-state index contributed by atoms with van der Waals surface area (Å²) < 4.78 is 5.56. The van der Waals surface area contributed by atoms with Crippen LogP contribution < -0.4 is 0 Å². The van der Waals surface area contributed by atoms with Crippen LogP contribution in [0.4, 0.5) is 0 Å². The lowest BCUT2D eigenvalue weighted by Crippen LogP contribution is -2.48. The van der Waals surface area contributed by atoms with E-state index in [0.717, 1.165) is 68.9 Å². The second-order valence-electron chi connectivity index (χ2n) is 7.27. The number of carbonyl (C=O) groups excluding carboxylic acids is 1.